The van der Waals surface area contributed by atoms with Gasteiger partial charge in [-0.3, -0.25) is 9.69 Å². The third-order valence-electron chi connectivity index (χ3n) is 10.4. The van der Waals surface area contributed by atoms with Gasteiger partial charge >= 0.3 is 0 Å². The Balaban J connectivity index is 1.09. The van der Waals surface area contributed by atoms with Crippen LogP contribution in [0.1, 0.15) is 70.5 Å². The Morgan fingerprint density at radius 1 is 0.731 bits per heavy atom. The molecule has 1 aliphatic heterocycles. The molecule has 0 spiro atoms. The van der Waals surface area contributed by atoms with Crippen molar-refractivity contribution in [2.75, 3.05) is 13.6 Å². The standard InChI is InChI=1S/C46H46N2O4/c1-31-43(29-48(3)32(2)40-25-22-35-11-7-8-14-42(35)27-40)51-46(52-44(31)37-18-16-33(30-49)17-19-37)39-23-20-36(21-24-39)41-15-9-10-34(26-41)28-47-45(50)38-12-5-4-6-13-38/h4-27,31-32,43-44,46,49H,28-30H2,1-3H3,(H,47,50)/t31-,32+,43+,44+,46+/m0/s1. The highest BCUT2D eigenvalue weighted by Gasteiger charge is 2.39. The number of hydrogen-bond acceptors (Lipinski definition) is 5. The number of rotatable bonds is 11. The molecule has 2 N–H and O–H groups in total. The largest absolute Gasteiger partial charge is 0.392 e. The lowest BCUT2D eigenvalue weighted by Crippen LogP contribution is -2.44. The SMILES string of the molecule is C[C@H]1[C@@H](CN(C)[C@H](C)c2ccc3ccccc3c2)O[C@@H](c2ccc(-c3cccc(CNC(=O)c4ccccc4)c3)cc2)O[C@H]1c1ccc(CO)cc1. The Labute approximate surface area is 306 Å². The fraction of sp³-hybridized carbons (Fsp3) is 0.239. The molecular weight excluding hydrogens is 645 g/mol. The molecule has 1 saturated heterocycles. The Kier molecular flexibility index (Phi) is 10.9. The maximum Gasteiger partial charge on any atom is 0.251 e. The monoisotopic (exact) mass is 690 g/mol. The van der Waals surface area contributed by atoms with E-state index >= 15 is 0 Å². The van der Waals surface area contributed by atoms with E-state index in [1.807, 2.05) is 54.6 Å². The molecule has 0 aromatic heterocycles. The number of amides is 1. The van der Waals surface area contributed by atoms with E-state index in [1.54, 1.807) is 0 Å². The van der Waals surface area contributed by atoms with E-state index < -0.39 is 6.29 Å². The number of carbonyl (C=O) groups is 1. The predicted molar refractivity (Wildman–Crippen MR) is 207 cm³/mol. The molecule has 6 heteroatoms. The van der Waals surface area contributed by atoms with Gasteiger partial charge in [-0.15, -0.1) is 0 Å². The van der Waals surface area contributed by atoms with Crippen LogP contribution >= 0.6 is 0 Å². The summed E-state index contributed by atoms with van der Waals surface area (Å²) in [5.74, 6) is -0.0145. The van der Waals surface area contributed by atoms with Crippen LogP contribution in [0.3, 0.4) is 0 Å². The van der Waals surface area contributed by atoms with Crippen molar-refractivity contribution in [3.8, 4) is 11.1 Å². The Morgan fingerprint density at radius 2 is 1.44 bits per heavy atom. The van der Waals surface area contributed by atoms with Crippen molar-refractivity contribution in [2.45, 2.75) is 51.5 Å². The first-order valence-corrected chi connectivity index (χ1v) is 18.1. The van der Waals surface area contributed by atoms with Gasteiger partial charge in [0.2, 0.25) is 0 Å². The van der Waals surface area contributed by atoms with E-state index in [-0.39, 0.29) is 36.7 Å². The summed E-state index contributed by atoms with van der Waals surface area (Å²) in [6.45, 7) is 5.63. The molecular formula is C46H46N2O4. The third kappa shape index (κ3) is 8.01. The Bertz CT molecular complexity index is 2100. The number of nitrogens with zero attached hydrogens (tertiary/aromatic N) is 1. The van der Waals surface area contributed by atoms with Crippen LogP contribution in [0.15, 0.2) is 146 Å². The summed E-state index contributed by atoms with van der Waals surface area (Å²) in [5, 5.41) is 15.2. The van der Waals surface area contributed by atoms with Crippen molar-refractivity contribution < 1.29 is 19.4 Å². The molecule has 0 saturated carbocycles. The van der Waals surface area contributed by atoms with Crippen LogP contribution in [0.4, 0.5) is 0 Å². The van der Waals surface area contributed by atoms with Crippen LogP contribution in [0.25, 0.3) is 21.9 Å². The molecule has 0 unspecified atom stereocenters. The topological polar surface area (TPSA) is 71.0 Å². The molecule has 0 aliphatic carbocycles. The van der Waals surface area contributed by atoms with Crippen LogP contribution in [-0.2, 0) is 22.6 Å². The van der Waals surface area contributed by atoms with Gasteiger partial charge in [0, 0.05) is 36.2 Å². The van der Waals surface area contributed by atoms with E-state index in [1.165, 1.54) is 16.3 Å². The predicted octanol–water partition coefficient (Wildman–Crippen LogP) is 9.41. The first-order valence-electron chi connectivity index (χ1n) is 18.1. The number of ether oxygens (including phenoxy) is 2. The summed E-state index contributed by atoms with van der Waals surface area (Å²) in [7, 11) is 2.17. The van der Waals surface area contributed by atoms with Gasteiger partial charge in [-0.05, 0) is 82.4 Å². The number of likely N-dealkylation sites (N-methyl/N-ethyl adjacent to an activating group) is 1. The zero-order valence-electron chi connectivity index (χ0n) is 30.0. The molecule has 6 nitrogen and oxygen atoms in total. The van der Waals surface area contributed by atoms with Crippen molar-refractivity contribution >= 4 is 16.7 Å². The van der Waals surface area contributed by atoms with Crippen molar-refractivity contribution in [1.82, 2.24) is 10.2 Å². The van der Waals surface area contributed by atoms with Gasteiger partial charge in [0.1, 0.15) is 0 Å². The zero-order valence-corrected chi connectivity index (χ0v) is 30.0. The quantitative estimate of drug-likeness (QED) is 0.142. The number of fused-ring (bicyclic) bond motifs is 1. The molecule has 1 amide bonds. The van der Waals surface area contributed by atoms with Gasteiger partial charge in [0.25, 0.3) is 5.91 Å². The molecule has 6 aromatic rings. The second-order valence-corrected chi connectivity index (χ2v) is 13.9. The van der Waals surface area contributed by atoms with E-state index in [0.717, 1.165) is 39.9 Å². The third-order valence-corrected chi connectivity index (χ3v) is 10.4. The van der Waals surface area contributed by atoms with Gasteiger partial charge < -0.3 is 19.9 Å². The molecule has 264 valence electrons. The van der Waals surface area contributed by atoms with Gasteiger partial charge in [-0.25, -0.2) is 0 Å². The minimum absolute atomic E-state index is 0.00472. The van der Waals surface area contributed by atoms with Crippen molar-refractivity contribution in [2.24, 2.45) is 5.92 Å². The van der Waals surface area contributed by atoms with Gasteiger partial charge in [0.05, 0.1) is 18.8 Å². The zero-order chi connectivity index (χ0) is 36.0. The number of aliphatic hydroxyl groups excluding tert-OH is 1. The van der Waals surface area contributed by atoms with E-state index in [4.69, 9.17) is 9.47 Å². The second kappa shape index (κ2) is 16.1. The maximum absolute atomic E-state index is 12.6. The second-order valence-electron chi connectivity index (χ2n) is 13.9. The molecule has 0 bridgehead atoms. The highest BCUT2D eigenvalue weighted by atomic mass is 16.7. The Hall–Kier alpha value is -5.11. The van der Waals surface area contributed by atoms with E-state index in [9.17, 15) is 9.90 Å². The lowest BCUT2D eigenvalue weighted by atomic mass is 9.89. The summed E-state index contributed by atoms with van der Waals surface area (Å²) in [6.07, 6.45) is -0.846. The summed E-state index contributed by atoms with van der Waals surface area (Å²) < 4.78 is 13.6. The molecule has 1 aliphatic rings. The smallest absolute Gasteiger partial charge is 0.251 e. The normalized spacial score (nSPS) is 19.4. The Morgan fingerprint density at radius 3 is 2.19 bits per heavy atom. The van der Waals surface area contributed by atoms with Gasteiger partial charge in [0.15, 0.2) is 6.29 Å². The number of carbonyl (C=O) groups excluding carboxylic acids is 1. The molecule has 0 radical (unpaired) electrons. The van der Waals surface area contributed by atoms with Crippen molar-refractivity contribution in [1.29, 1.82) is 0 Å². The van der Waals surface area contributed by atoms with Crippen molar-refractivity contribution in [3.05, 3.63) is 179 Å². The summed E-state index contributed by atoms with van der Waals surface area (Å²) >= 11 is 0. The number of hydrogen-bond donors (Lipinski definition) is 2. The average molecular weight is 691 g/mol. The maximum atomic E-state index is 12.6. The fourth-order valence-electron chi connectivity index (χ4n) is 7.06. The molecule has 1 fully saturated rings. The van der Waals surface area contributed by atoms with Gasteiger partial charge in [-0.1, -0.05) is 128 Å². The molecule has 5 atom stereocenters. The lowest BCUT2D eigenvalue weighted by Gasteiger charge is -2.43. The van der Waals surface area contributed by atoms with Crippen LogP contribution < -0.4 is 5.32 Å². The fourth-order valence-corrected chi connectivity index (χ4v) is 7.06. The minimum atomic E-state index is -0.554. The van der Waals surface area contributed by atoms with Crippen LogP contribution in [0.2, 0.25) is 0 Å². The number of benzene rings is 6. The average Bonchev–Trinajstić information content (AvgIpc) is 3.20. The van der Waals surface area contributed by atoms with Crippen LogP contribution in [-0.4, -0.2) is 35.6 Å². The lowest BCUT2D eigenvalue weighted by molar-refractivity contribution is -0.276. The summed E-state index contributed by atoms with van der Waals surface area (Å²) in [6, 6.07) is 49.3. The molecule has 1 heterocycles. The first kappa shape index (κ1) is 35.3. The van der Waals surface area contributed by atoms with Gasteiger partial charge in [-0.2, -0.15) is 0 Å². The highest BCUT2D eigenvalue weighted by Crippen LogP contribution is 2.42. The molecule has 7 rings (SSSR count). The van der Waals surface area contributed by atoms with Crippen LogP contribution in [0.5, 0.6) is 0 Å². The van der Waals surface area contributed by atoms with Crippen molar-refractivity contribution in [3.63, 3.8) is 0 Å². The molecule has 6 aromatic carbocycles. The number of aliphatic hydroxyl groups is 1. The number of nitrogens with one attached hydrogen (secondary N) is 1. The minimum Gasteiger partial charge on any atom is -0.392 e. The van der Waals surface area contributed by atoms with E-state index in [2.05, 4.69) is 122 Å². The van der Waals surface area contributed by atoms with Crippen LogP contribution in [0, 0.1) is 5.92 Å². The summed E-state index contributed by atoms with van der Waals surface area (Å²) in [5.41, 5.74) is 7.98. The molecule has 52 heavy (non-hydrogen) atoms. The first-order chi connectivity index (χ1) is 25.4. The highest BCUT2D eigenvalue weighted by molar-refractivity contribution is 5.94. The summed E-state index contributed by atoms with van der Waals surface area (Å²) in [4.78, 5) is 15.0. The van der Waals surface area contributed by atoms with E-state index in [0.29, 0.717) is 12.1 Å².